The monoisotopic (exact) mass is 454 g/mol. The predicted octanol–water partition coefficient (Wildman–Crippen LogP) is 3.78. The third kappa shape index (κ3) is 5.56. The maximum absolute atomic E-state index is 11.9. The molecule has 0 spiro atoms. The van der Waals surface area contributed by atoms with Crippen LogP contribution in [-0.2, 0) is 16.1 Å². The lowest BCUT2D eigenvalue weighted by Crippen LogP contribution is -2.51. The smallest absolute Gasteiger partial charge is 0.307 e. The van der Waals surface area contributed by atoms with Gasteiger partial charge in [0.25, 0.3) is 0 Å². The summed E-state index contributed by atoms with van der Waals surface area (Å²) in [5.74, 6) is -0.117. The van der Waals surface area contributed by atoms with E-state index in [0.29, 0.717) is 13.0 Å². The van der Waals surface area contributed by atoms with Crippen LogP contribution in [0.25, 0.3) is 0 Å². The first kappa shape index (κ1) is 18.3. The van der Waals surface area contributed by atoms with Gasteiger partial charge in [-0.3, -0.25) is 9.69 Å². The van der Waals surface area contributed by atoms with E-state index < -0.39 is 0 Å². The van der Waals surface area contributed by atoms with Crippen molar-refractivity contribution in [1.29, 1.82) is 0 Å². The van der Waals surface area contributed by atoms with Crippen LogP contribution in [0.5, 0.6) is 0 Å². The second-order valence-electron chi connectivity index (χ2n) is 5.22. The zero-order valence-corrected chi connectivity index (χ0v) is 16.2. The van der Waals surface area contributed by atoms with Gasteiger partial charge in [-0.2, -0.15) is 0 Å². The fraction of sp³-hybridized carbons (Fsp3) is 0.533. The topological polar surface area (TPSA) is 32.8 Å². The van der Waals surface area contributed by atoms with Gasteiger partial charge in [0.05, 0.1) is 13.0 Å². The fourth-order valence-electron chi connectivity index (χ4n) is 2.57. The molecule has 1 fully saturated rings. The molecule has 1 aromatic rings. The van der Waals surface area contributed by atoms with Crippen molar-refractivity contribution in [2.45, 2.75) is 25.9 Å². The lowest BCUT2D eigenvalue weighted by molar-refractivity contribution is -0.145. The summed E-state index contributed by atoms with van der Waals surface area (Å²) in [6, 6.07) is 8.10. The van der Waals surface area contributed by atoms with Crippen LogP contribution in [0.3, 0.4) is 0 Å². The molecule has 22 heavy (non-hydrogen) atoms. The Hall–Kier alpha value is -0.0200. The third-order valence-electron chi connectivity index (χ3n) is 3.67. The van der Waals surface area contributed by atoms with Gasteiger partial charge in [-0.25, -0.2) is 4.31 Å². The number of halogens is 2. The molecule has 0 aromatic heterocycles. The van der Waals surface area contributed by atoms with Crippen molar-refractivity contribution in [2.24, 2.45) is 0 Å². The van der Waals surface area contributed by atoms with Crippen LogP contribution in [0.2, 0.25) is 5.02 Å². The van der Waals surface area contributed by atoms with Crippen molar-refractivity contribution < 1.29 is 9.53 Å². The van der Waals surface area contributed by atoms with E-state index in [-0.39, 0.29) is 12.0 Å². The molecule has 2 rings (SSSR count). The van der Waals surface area contributed by atoms with Crippen molar-refractivity contribution in [3.63, 3.8) is 0 Å². The van der Waals surface area contributed by atoms with Crippen LogP contribution in [0.4, 0.5) is 0 Å². The zero-order valence-electron chi connectivity index (χ0n) is 12.5. The number of ether oxygens (including phenoxy) is 1. The van der Waals surface area contributed by atoms with E-state index in [1.807, 2.05) is 31.2 Å². The Kier molecular flexibility index (Phi) is 7.76. The summed E-state index contributed by atoms with van der Waals surface area (Å²) in [6.45, 7) is 5.94. The van der Waals surface area contributed by atoms with E-state index in [1.54, 1.807) is 9.12 Å². The predicted molar refractivity (Wildman–Crippen MR) is 100 cm³/mol. The Labute approximate surface area is 153 Å². The highest BCUT2D eigenvalue weighted by molar-refractivity contribution is 14.2. The summed E-state index contributed by atoms with van der Waals surface area (Å²) in [5.41, 5.74) is 1.22. The number of nitrogens with zero attached hydrogens (tertiary/aromatic N) is 2. The Morgan fingerprint density at radius 1 is 1.41 bits per heavy atom. The number of piperazine rings is 1. The molecule has 0 saturated carbocycles. The van der Waals surface area contributed by atoms with Crippen molar-refractivity contribution in [1.82, 2.24) is 9.21 Å². The van der Waals surface area contributed by atoms with Gasteiger partial charge in [0.15, 0.2) is 0 Å². The van der Waals surface area contributed by atoms with E-state index in [9.17, 15) is 4.79 Å². The van der Waals surface area contributed by atoms with E-state index in [2.05, 4.69) is 30.4 Å². The third-order valence-corrected chi connectivity index (χ3v) is 6.12. The molecule has 0 N–H and O–H groups in total. The largest absolute Gasteiger partial charge is 0.466 e. The van der Waals surface area contributed by atoms with E-state index in [4.69, 9.17) is 16.3 Å². The van der Waals surface area contributed by atoms with E-state index >= 15 is 0 Å². The number of hydrogen-bond acceptors (Lipinski definition) is 5. The fourth-order valence-corrected chi connectivity index (χ4v) is 4.14. The van der Waals surface area contributed by atoms with E-state index in [1.165, 1.54) is 5.56 Å². The molecule has 122 valence electrons. The summed E-state index contributed by atoms with van der Waals surface area (Å²) in [6.07, 6.45) is 0.440. The average Bonchev–Trinajstić information content (AvgIpc) is 2.51. The molecule has 1 aliphatic heterocycles. The second kappa shape index (κ2) is 9.32. The molecule has 7 heteroatoms. The quantitative estimate of drug-likeness (QED) is 0.371. The van der Waals surface area contributed by atoms with Crippen LogP contribution in [0.1, 0.15) is 18.9 Å². The Bertz CT molecular complexity index is 489. The molecular formula is C15H20ClIN2O2S. The first-order valence-electron chi connectivity index (χ1n) is 7.30. The SMILES string of the molecule is CCOC(=O)CC1CN(SI)CCN1Cc1ccc(Cl)cc1. The van der Waals surface area contributed by atoms with Crippen molar-refractivity contribution in [2.75, 3.05) is 26.2 Å². The molecule has 0 radical (unpaired) electrons. The number of carbonyl (C=O) groups is 1. The van der Waals surface area contributed by atoms with Crippen molar-refractivity contribution >= 4 is 47.9 Å². The molecule has 1 aromatic carbocycles. The first-order chi connectivity index (χ1) is 10.6. The highest BCUT2D eigenvalue weighted by atomic mass is 127. The number of rotatable bonds is 6. The highest BCUT2D eigenvalue weighted by Crippen LogP contribution is 2.25. The lowest BCUT2D eigenvalue weighted by atomic mass is 10.1. The molecule has 1 atom stereocenters. The number of hydrogen-bond donors (Lipinski definition) is 0. The molecule has 0 amide bonds. The van der Waals surface area contributed by atoms with Gasteiger partial charge in [-0.1, -0.05) is 23.7 Å². The Morgan fingerprint density at radius 2 is 2.14 bits per heavy atom. The van der Waals surface area contributed by atoms with Crippen LogP contribution >= 0.6 is 41.9 Å². The van der Waals surface area contributed by atoms with Gasteiger partial charge < -0.3 is 4.74 Å². The molecule has 1 saturated heterocycles. The van der Waals surface area contributed by atoms with E-state index in [0.717, 1.165) is 31.2 Å². The lowest BCUT2D eigenvalue weighted by Gasteiger charge is -2.39. The molecule has 1 aliphatic rings. The minimum Gasteiger partial charge on any atom is -0.466 e. The summed E-state index contributed by atoms with van der Waals surface area (Å²) >= 11 is 8.23. The van der Waals surface area contributed by atoms with Gasteiger partial charge in [-0.05, 0) is 33.7 Å². The van der Waals surface area contributed by atoms with Crippen molar-refractivity contribution in [3.8, 4) is 0 Å². The molecular weight excluding hydrogens is 435 g/mol. The van der Waals surface area contributed by atoms with Gasteiger partial charge >= 0.3 is 5.97 Å². The minimum absolute atomic E-state index is 0.117. The minimum atomic E-state index is -0.117. The van der Waals surface area contributed by atoms with Crippen LogP contribution < -0.4 is 0 Å². The normalized spacial score (nSPS) is 20.0. The summed E-state index contributed by atoms with van der Waals surface area (Å²) in [5, 5.41) is 0.748. The second-order valence-corrected chi connectivity index (χ2v) is 7.49. The van der Waals surface area contributed by atoms with Gasteiger partial charge in [0.1, 0.15) is 0 Å². The summed E-state index contributed by atoms with van der Waals surface area (Å²) in [4.78, 5) is 14.2. The highest BCUT2D eigenvalue weighted by Gasteiger charge is 2.29. The van der Waals surface area contributed by atoms with Gasteiger partial charge in [0.2, 0.25) is 0 Å². The zero-order chi connectivity index (χ0) is 15.9. The molecule has 4 nitrogen and oxygen atoms in total. The molecule has 1 heterocycles. The molecule has 0 aliphatic carbocycles. The summed E-state index contributed by atoms with van der Waals surface area (Å²) in [7, 11) is 1.71. The molecule has 1 unspecified atom stereocenters. The maximum Gasteiger partial charge on any atom is 0.307 e. The number of benzene rings is 1. The van der Waals surface area contributed by atoms with Gasteiger partial charge in [-0.15, -0.1) is 0 Å². The molecule has 0 bridgehead atoms. The summed E-state index contributed by atoms with van der Waals surface area (Å²) < 4.78 is 7.41. The number of esters is 1. The first-order valence-corrected chi connectivity index (χ1v) is 11.0. The van der Waals surface area contributed by atoms with Crippen LogP contribution in [0, 0.1) is 0 Å². The standard InChI is InChI=1S/C15H20ClIN2O2S/c1-2-21-15(20)9-14-11-19(22-17)8-7-18(14)10-12-3-5-13(16)6-4-12/h3-6,14H,2,7-11H2,1H3. The van der Waals surface area contributed by atoms with Crippen LogP contribution in [-0.4, -0.2) is 47.5 Å². The van der Waals surface area contributed by atoms with Crippen molar-refractivity contribution in [3.05, 3.63) is 34.9 Å². The maximum atomic E-state index is 11.9. The average molecular weight is 455 g/mol. The Morgan fingerprint density at radius 3 is 2.77 bits per heavy atom. The number of carbonyl (C=O) groups excluding carboxylic acids is 1. The van der Waals surface area contributed by atoms with Crippen LogP contribution in [0.15, 0.2) is 24.3 Å². The van der Waals surface area contributed by atoms with Gasteiger partial charge in [0, 0.05) is 58.4 Å². The Balaban J connectivity index is 2.01.